The van der Waals surface area contributed by atoms with Crippen molar-refractivity contribution in [2.24, 2.45) is 5.92 Å². The number of aliphatic hydroxyl groups excluding tert-OH is 1. The van der Waals surface area contributed by atoms with Crippen molar-refractivity contribution >= 4 is 21.8 Å². The molecule has 1 rings (SSSR count). The van der Waals surface area contributed by atoms with E-state index in [4.69, 9.17) is 0 Å². The zero-order valence-electron chi connectivity index (χ0n) is 8.72. The molecule has 0 spiro atoms. The fourth-order valence-electron chi connectivity index (χ4n) is 1.68. The average Bonchev–Trinajstić information content (AvgIpc) is 2.45. The summed E-state index contributed by atoms with van der Waals surface area (Å²) in [6.07, 6.45) is 2.56. The molecular weight excluding hydrogens is 246 g/mol. The second-order valence-corrected chi connectivity index (χ2v) is 6.50. The van der Waals surface area contributed by atoms with Crippen molar-refractivity contribution in [2.45, 2.75) is 43.5 Å². The lowest BCUT2D eigenvalue weighted by Crippen LogP contribution is -2.39. The van der Waals surface area contributed by atoms with E-state index >= 15 is 0 Å². The molecule has 82 valence electrons. The maximum absolute atomic E-state index is 11.5. The average molecular weight is 264 g/mol. The van der Waals surface area contributed by atoms with Crippen LogP contribution in [0.1, 0.15) is 33.1 Å². The van der Waals surface area contributed by atoms with E-state index in [1.807, 2.05) is 13.8 Å². The molecule has 0 aliphatic heterocycles. The zero-order valence-corrected chi connectivity index (χ0v) is 10.3. The maximum atomic E-state index is 11.5. The van der Waals surface area contributed by atoms with Crippen LogP contribution in [-0.4, -0.2) is 28.0 Å². The number of halogens is 1. The molecule has 2 atom stereocenters. The van der Waals surface area contributed by atoms with Crippen molar-refractivity contribution in [3.8, 4) is 0 Å². The van der Waals surface area contributed by atoms with Crippen molar-refractivity contribution in [1.29, 1.82) is 0 Å². The van der Waals surface area contributed by atoms with E-state index in [1.54, 1.807) is 0 Å². The molecule has 0 radical (unpaired) electrons. The summed E-state index contributed by atoms with van der Waals surface area (Å²) < 4.78 is -0.496. The second-order valence-electron chi connectivity index (χ2n) is 4.52. The number of rotatable bonds is 3. The van der Waals surface area contributed by atoms with Gasteiger partial charge in [-0.1, -0.05) is 15.9 Å². The summed E-state index contributed by atoms with van der Waals surface area (Å²) in [7, 11) is 0. The molecule has 0 heterocycles. The van der Waals surface area contributed by atoms with E-state index in [9.17, 15) is 9.90 Å². The largest absolute Gasteiger partial charge is 0.393 e. The van der Waals surface area contributed by atoms with Crippen LogP contribution in [0.25, 0.3) is 0 Å². The number of carbonyl (C=O) groups excluding carboxylic acids is 1. The summed E-state index contributed by atoms with van der Waals surface area (Å²) in [5, 5.41) is 12.2. The zero-order chi connectivity index (χ0) is 10.8. The first-order valence-corrected chi connectivity index (χ1v) is 5.84. The first-order chi connectivity index (χ1) is 6.39. The van der Waals surface area contributed by atoms with Gasteiger partial charge >= 0.3 is 0 Å². The van der Waals surface area contributed by atoms with Gasteiger partial charge in [0.25, 0.3) is 0 Å². The summed E-state index contributed by atoms with van der Waals surface area (Å²) in [5.41, 5.74) is 0. The predicted molar refractivity (Wildman–Crippen MR) is 59.4 cm³/mol. The van der Waals surface area contributed by atoms with Gasteiger partial charge in [0, 0.05) is 6.54 Å². The summed E-state index contributed by atoms with van der Waals surface area (Å²) in [6, 6.07) is 0. The minimum atomic E-state index is -0.496. The summed E-state index contributed by atoms with van der Waals surface area (Å²) in [6.45, 7) is 4.34. The lowest BCUT2D eigenvalue weighted by Gasteiger charge is -2.18. The predicted octanol–water partition coefficient (Wildman–Crippen LogP) is 1.44. The van der Waals surface area contributed by atoms with Crippen LogP contribution in [0.2, 0.25) is 0 Å². The summed E-state index contributed by atoms with van der Waals surface area (Å²) in [4.78, 5) is 11.5. The third-order valence-corrected chi connectivity index (χ3v) is 2.96. The third kappa shape index (κ3) is 3.58. The lowest BCUT2D eigenvalue weighted by atomic mass is 10.1. The SMILES string of the molecule is CC(C)(Br)C(=O)NCC1CCC(O)C1. The third-order valence-electron chi connectivity index (χ3n) is 2.60. The van der Waals surface area contributed by atoms with Crippen LogP contribution in [0, 0.1) is 5.92 Å². The van der Waals surface area contributed by atoms with Gasteiger partial charge in [0.15, 0.2) is 0 Å². The van der Waals surface area contributed by atoms with Gasteiger partial charge < -0.3 is 10.4 Å². The Hall–Kier alpha value is -0.0900. The molecule has 1 fully saturated rings. The topological polar surface area (TPSA) is 49.3 Å². The number of hydrogen-bond acceptors (Lipinski definition) is 2. The Balaban J connectivity index is 2.24. The summed E-state index contributed by atoms with van der Waals surface area (Å²) in [5.74, 6) is 0.461. The highest BCUT2D eigenvalue weighted by Gasteiger charge is 2.26. The smallest absolute Gasteiger partial charge is 0.236 e. The minimum Gasteiger partial charge on any atom is -0.393 e. The van der Waals surface area contributed by atoms with E-state index in [1.165, 1.54) is 0 Å². The first kappa shape index (κ1) is 12.0. The number of amides is 1. The fraction of sp³-hybridized carbons (Fsp3) is 0.900. The van der Waals surface area contributed by atoms with E-state index in [2.05, 4.69) is 21.2 Å². The Morgan fingerprint density at radius 3 is 2.64 bits per heavy atom. The van der Waals surface area contributed by atoms with Gasteiger partial charge in [-0.3, -0.25) is 4.79 Å². The molecule has 0 aromatic rings. The Morgan fingerprint density at radius 1 is 1.57 bits per heavy atom. The van der Waals surface area contributed by atoms with E-state index < -0.39 is 4.32 Å². The van der Waals surface area contributed by atoms with Crippen LogP contribution in [0.3, 0.4) is 0 Å². The fourth-order valence-corrected chi connectivity index (χ4v) is 1.82. The molecule has 1 aliphatic rings. The molecule has 14 heavy (non-hydrogen) atoms. The van der Waals surface area contributed by atoms with Gasteiger partial charge in [-0.05, 0) is 39.0 Å². The molecular formula is C10H18BrNO2. The van der Waals surface area contributed by atoms with Crippen molar-refractivity contribution in [3.63, 3.8) is 0 Å². The van der Waals surface area contributed by atoms with E-state index in [-0.39, 0.29) is 12.0 Å². The monoisotopic (exact) mass is 263 g/mol. The van der Waals surface area contributed by atoms with Gasteiger partial charge in [0.1, 0.15) is 0 Å². The number of hydrogen-bond donors (Lipinski definition) is 2. The highest BCUT2D eigenvalue weighted by atomic mass is 79.9. The standard InChI is InChI=1S/C10H18BrNO2/c1-10(2,11)9(14)12-6-7-3-4-8(13)5-7/h7-8,13H,3-6H2,1-2H3,(H,12,14). The number of carbonyl (C=O) groups is 1. The van der Waals surface area contributed by atoms with Crippen molar-refractivity contribution in [2.75, 3.05) is 6.54 Å². The molecule has 4 heteroatoms. The molecule has 0 aromatic heterocycles. The van der Waals surface area contributed by atoms with Crippen LogP contribution < -0.4 is 5.32 Å². The van der Waals surface area contributed by atoms with Crippen molar-refractivity contribution < 1.29 is 9.90 Å². The Bertz CT molecular complexity index is 213. The van der Waals surface area contributed by atoms with Crippen LogP contribution in [-0.2, 0) is 4.79 Å². The number of aliphatic hydroxyl groups is 1. The number of alkyl halides is 1. The Labute approximate surface area is 93.4 Å². The second kappa shape index (κ2) is 4.62. The quantitative estimate of drug-likeness (QED) is 0.758. The summed E-state index contributed by atoms with van der Waals surface area (Å²) >= 11 is 3.30. The first-order valence-electron chi connectivity index (χ1n) is 5.05. The van der Waals surface area contributed by atoms with Crippen molar-refractivity contribution in [3.05, 3.63) is 0 Å². The Kier molecular flexibility index (Phi) is 3.95. The van der Waals surface area contributed by atoms with Crippen LogP contribution >= 0.6 is 15.9 Å². The van der Waals surface area contributed by atoms with Gasteiger partial charge in [-0.2, -0.15) is 0 Å². The molecule has 1 saturated carbocycles. The molecule has 0 aromatic carbocycles. The highest BCUT2D eigenvalue weighted by molar-refractivity contribution is 9.10. The molecule has 2 unspecified atom stereocenters. The van der Waals surface area contributed by atoms with E-state index in [0.717, 1.165) is 19.3 Å². The van der Waals surface area contributed by atoms with Gasteiger partial charge in [0.05, 0.1) is 10.4 Å². The molecule has 3 nitrogen and oxygen atoms in total. The Morgan fingerprint density at radius 2 is 2.21 bits per heavy atom. The normalized spacial score (nSPS) is 27.7. The van der Waals surface area contributed by atoms with Crippen molar-refractivity contribution in [1.82, 2.24) is 5.32 Å². The van der Waals surface area contributed by atoms with Gasteiger partial charge in [0.2, 0.25) is 5.91 Å². The van der Waals surface area contributed by atoms with Gasteiger partial charge in [-0.15, -0.1) is 0 Å². The lowest BCUT2D eigenvalue weighted by molar-refractivity contribution is -0.122. The highest BCUT2D eigenvalue weighted by Crippen LogP contribution is 2.25. The molecule has 1 amide bonds. The van der Waals surface area contributed by atoms with Crippen LogP contribution in [0.5, 0.6) is 0 Å². The maximum Gasteiger partial charge on any atom is 0.236 e. The molecule has 2 N–H and O–H groups in total. The molecule has 0 saturated heterocycles. The van der Waals surface area contributed by atoms with Crippen LogP contribution in [0.4, 0.5) is 0 Å². The minimum absolute atomic E-state index is 0.0129. The number of nitrogens with one attached hydrogen (secondary N) is 1. The van der Waals surface area contributed by atoms with Gasteiger partial charge in [-0.25, -0.2) is 0 Å². The van der Waals surface area contributed by atoms with E-state index in [0.29, 0.717) is 12.5 Å². The molecule has 1 aliphatic carbocycles. The van der Waals surface area contributed by atoms with Crippen LogP contribution in [0.15, 0.2) is 0 Å². The molecule has 0 bridgehead atoms.